The Bertz CT molecular complexity index is 429. The molecule has 0 heterocycles. The fourth-order valence-electron chi connectivity index (χ4n) is 2.46. The maximum Gasteiger partial charge on any atom is 0.327 e. The molecule has 4 nitrogen and oxygen atoms in total. The van der Waals surface area contributed by atoms with Crippen LogP contribution in [0.2, 0.25) is 0 Å². The summed E-state index contributed by atoms with van der Waals surface area (Å²) in [4.78, 5) is 12.1. The Morgan fingerprint density at radius 3 is 2.65 bits per heavy atom. The van der Waals surface area contributed by atoms with Crippen molar-refractivity contribution in [2.75, 3.05) is 19.8 Å². The van der Waals surface area contributed by atoms with E-state index in [0.717, 1.165) is 31.4 Å². The molecule has 1 fully saturated rings. The van der Waals surface area contributed by atoms with Crippen LogP contribution in [-0.4, -0.2) is 30.8 Å². The summed E-state index contributed by atoms with van der Waals surface area (Å²) in [6.07, 6.45) is 3.03. The minimum atomic E-state index is -0.424. The molecule has 110 valence electrons. The zero-order valence-corrected chi connectivity index (χ0v) is 12.0. The van der Waals surface area contributed by atoms with Gasteiger partial charge in [-0.2, -0.15) is 0 Å². The van der Waals surface area contributed by atoms with Crippen LogP contribution in [0.4, 0.5) is 0 Å². The van der Waals surface area contributed by atoms with Crippen molar-refractivity contribution in [3.63, 3.8) is 0 Å². The van der Waals surface area contributed by atoms with E-state index in [1.165, 1.54) is 0 Å². The molecule has 1 aliphatic carbocycles. The maximum absolute atomic E-state index is 12.1. The molecule has 2 rings (SSSR count). The molecule has 1 aromatic carbocycles. The number of hydrogen-bond acceptors (Lipinski definition) is 4. The summed E-state index contributed by atoms with van der Waals surface area (Å²) in [5.41, 5.74) is 1.10. The molecular formula is C16H23NO3. The first-order chi connectivity index (χ1) is 9.71. The fourth-order valence-corrected chi connectivity index (χ4v) is 2.46. The molecule has 1 aromatic rings. The maximum atomic E-state index is 12.1. The molecule has 0 radical (unpaired) electrons. The number of ether oxygens (including phenoxy) is 1. The molecule has 0 amide bonds. The standard InChI is InChI=1S/C16H23NO3/c1-2-20-15(19)14(13-6-4-3-5-7-13)17-12-16(8-9-16)10-11-18/h3-7,14,17-18H,2,8-12H2,1H3. The number of carbonyl (C=O) groups excluding carboxylic acids is 1. The van der Waals surface area contributed by atoms with Crippen LogP contribution in [0.25, 0.3) is 0 Å². The minimum Gasteiger partial charge on any atom is -0.465 e. The molecule has 2 N–H and O–H groups in total. The third-order valence-electron chi connectivity index (χ3n) is 3.94. The van der Waals surface area contributed by atoms with Gasteiger partial charge in [-0.05, 0) is 37.2 Å². The summed E-state index contributed by atoms with van der Waals surface area (Å²) in [7, 11) is 0. The Morgan fingerprint density at radius 1 is 1.40 bits per heavy atom. The van der Waals surface area contributed by atoms with Gasteiger partial charge in [-0.1, -0.05) is 30.3 Å². The van der Waals surface area contributed by atoms with Gasteiger partial charge in [-0.3, -0.25) is 0 Å². The first-order valence-electron chi connectivity index (χ1n) is 7.26. The summed E-state index contributed by atoms with van der Waals surface area (Å²) in [6.45, 7) is 3.14. The van der Waals surface area contributed by atoms with Gasteiger partial charge in [0, 0.05) is 13.2 Å². The van der Waals surface area contributed by atoms with E-state index in [0.29, 0.717) is 6.61 Å². The van der Waals surface area contributed by atoms with Gasteiger partial charge in [0.1, 0.15) is 6.04 Å². The number of esters is 1. The number of rotatable bonds is 8. The molecule has 0 spiro atoms. The lowest BCUT2D eigenvalue weighted by Crippen LogP contribution is -2.34. The van der Waals surface area contributed by atoms with Crippen LogP contribution in [0.5, 0.6) is 0 Å². The van der Waals surface area contributed by atoms with E-state index in [-0.39, 0.29) is 18.0 Å². The van der Waals surface area contributed by atoms with Gasteiger partial charge < -0.3 is 15.2 Å². The SMILES string of the molecule is CCOC(=O)C(NCC1(CCO)CC1)c1ccccc1. The molecule has 0 bridgehead atoms. The van der Waals surface area contributed by atoms with E-state index in [1.54, 1.807) is 0 Å². The van der Waals surface area contributed by atoms with Gasteiger partial charge in [-0.15, -0.1) is 0 Å². The van der Waals surface area contributed by atoms with Crippen molar-refractivity contribution in [2.24, 2.45) is 5.41 Å². The van der Waals surface area contributed by atoms with Crippen LogP contribution >= 0.6 is 0 Å². The Morgan fingerprint density at radius 2 is 2.10 bits per heavy atom. The third-order valence-corrected chi connectivity index (χ3v) is 3.94. The van der Waals surface area contributed by atoms with Crippen molar-refractivity contribution in [1.29, 1.82) is 0 Å². The lowest BCUT2D eigenvalue weighted by Gasteiger charge is -2.21. The van der Waals surface area contributed by atoms with Crippen molar-refractivity contribution in [1.82, 2.24) is 5.32 Å². The van der Waals surface area contributed by atoms with Gasteiger partial charge >= 0.3 is 5.97 Å². The molecule has 0 aromatic heterocycles. The monoisotopic (exact) mass is 277 g/mol. The third kappa shape index (κ3) is 3.81. The van der Waals surface area contributed by atoms with Crippen LogP contribution < -0.4 is 5.32 Å². The summed E-state index contributed by atoms with van der Waals surface area (Å²) in [5.74, 6) is -0.238. The van der Waals surface area contributed by atoms with E-state index < -0.39 is 6.04 Å². The van der Waals surface area contributed by atoms with Gasteiger partial charge in [0.25, 0.3) is 0 Å². The zero-order valence-electron chi connectivity index (χ0n) is 12.0. The highest BCUT2D eigenvalue weighted by atomic mass is 16.5. The summed E-state index contributed by atoms with van der Waals surface area (Å²) in [6, 6.07) is 9.21. The second kappa shape index (κ2) is 6.86. The van der Waals surface area contributed by atoms with Gasteiger partial charge in [0.2, 0.25) is 0 Å². The predicted octanol–water partition coefficient (Wildman–Crippen LogP) is 2.04. The van der Waals surface area contributed by atoms with Crippen LogP contribution in [0.15, 0.2) is 30.3 Å². The summed E-state index contributed by atoms with van der Waals surface area (Å²) in [5, 5.41) is 12.4. The Kier molecular flexibility index (Phi) is 5.15. The van der Waals surface area contributed by atoms with E-state index >= 15 is 0 Å². The topological polar surface area (TPSA) is 58.6 Å². The Balaban J connectivity index is 2.02. The van der Waals surface area contributed by atoms with Crippen molar-refractivity contribution in [3.8, 4) is 0 Å². The average Bonchev–Trinajstić information content (AvgIpc) is 3.21. The second-order valence-electron chi connectivity index (χ2n) is 5.45. The minimum absolute atomic E-state index is 0.175. The van der Waals surface area contributed by atoms with Gasteiger partial charge in [0.05, 0.1) is 6.61 Å². The molecule has 4 heteroatoms. The molecular weight excluding hydrogens is 254 g/mol. The molecule has 1 atom stereocenters. The Hall–Kier alpha value is -1.39. The highest BCUT2D eigenvalue weighted by Crippen LogP contribution is 2.48. The van der Waals surface area contributed by atoms with E-state index in [1.807, 2.05) is 37.3 Å². The molecule has 1 aliphatic rings. The summed E-state index contributed by atoms with van der Waals surface area (Å²) >= 11 is 0. The van der Waals surface area contributed by atoms with Gasteiger partial charge in [0.15, 0.2) is 0 Å². The largest absolute Gasteiger partial charge is 0.465 e. The molecule has 20 heavy (non-hydrogen) atoms. The molecule has 1 saturated carbocycles. The van der Waals surface area contributed by atoms with Crippen LogP contribution in [0.1, 0.15) is 37.8 Å². The highest BCUT2D eigenvalue weighted by molar-refractivity contribution is 5.77. The number of carbonyl (C=O) groups is 1. The lowest BCUT2D eigenvalue weighted by atomic mass is 10.0. The highest BCUT2D eigenvalue weighted by Gasteiger charge is 2.42. The van der Waals surface area contributed by atoms with E-state index in [4.69, 9.17) is 9.84 Å². The second-order valence-corrected chi connectivity index (χ2v) is 5.45. The molecule has 0 saturated heterocycles. The quantitative estimate of drug-likeness (QED) is 0.714. The van der Waals surface area contributed by atoms with Crippen molar-refractivity contribution in [3.05, 3.63) is 35.9 Å². The van der Waals surface area contributed by atoms with Crippen molar-refractivity contribution < 1.29 is 14.6 Å². The molecule has 1 unspecified atom stereocenters. The van der Waals surface area contributed by atoms with Crippen molar-refractivity contribution in [2.45, 2.75) is 32.2 Å². The number of aliphatic hydroxyl groups is 1. The predicted molar refractivity (Wildman–Crippen MR) is 77.2 cm³/mol. The van der Waals surface area contributed by atoms with Gasteiger partial charge in [-0.25, -0.2) is 4.79 Å². The number of benzene rings is 1. The van der Waals surface area contributed by atoms with Crippen LogP contribution in [0, 0.1) is 5.41 Å². The number of aliphatic hydroxyl groups excluding tert-OH is 1. The smallest absolute Gasteiger partial charge is 0.327 e. The van der Waals surface area contributed by atoms with E-state index in [2.05, 4.69) is 5.32 Å². The average molecular weight is 277 g/mol. The fraction of sp³-hybridized carbons (Fsp3) is 0.562. The Labute approximate surface area is 120 Å². The summed E-state index contributed by atoms with van der Waals surface area (Å²) < 4.78 is 5.15. The zero-order chi connectivity index (χ0) is 14.4. The number of nitrogens with one attached hydrogen (secondary N) is 1. The van der Waals surface area contributed by atoms with Crippen LogP contribution in [0.3, 0.4) is 0 Å². The van der Waals surface area contributed by atoms with E-state index in [9.17, 15) is 4.79 Å². The first-order valence-corrected chi connectivity index (χ1v) is 7.26. The van der Waals surface area contributed by atoms with Crippen LogP contribution in [-0.2, 0) is 9.53 Å². The molecule has 0 aliphatic heterocycles. The first kappa shape index (κ1) is 15.0. The number of hydrogen-bond donors (Lipinski definition) is 2. The van der Waals surface area contributed by atoms with Crippen molar-refractivity contribution >= 4 is 5.97 Å². The normalized spacial score (nSPS) is 17.5. The lowest BCUT2D eigenvalue weighted by molar-refractivity contribution is -0.145.